The quantitative estimate of drug-likeness (QED) is 0.493. The number of nitrogens with one attached hydrogen (secondary N) is 4. The predicted molar refractivity (Wildman–Crippen MR) is 117 cm³/mol. The molecule has 0 unspecified atom stereocenters. The molecule has 2 aromatic carbocycles. The Bertz CT molecular complexity index is 1190. The number of benzene rings is 2. The predicted octanol–water partition coefficient (Wildman–Crippen LogP) is 0.631. The Morgan fingerprint density at radius 1 is 1.16 bits per heavy atom. The molecule has 4 rings (SSSR count). The van der Waals surface area contributed by atoms with Crippen molar-refractivity contribution in [2.75, 3.05) is 17.7 Å². The third kappa shape index (κ3) is 4.61. The molecule has 0 fully saturated rings. The third-order valence-corrected chi connectivity index (χ3v) is 4.94. The van der Waals surface area contributed by atoms with Crippen LogP contribution in [0.1, 0.15) is 17.7 Å². The molecule has 158 valence electrons. The first-order valence-electron chi connectivity index (χ1n) is 9.81. The SMILES string of the molecule is COc1ccc2nc(NC3=[NH+][C@@H](C(=O)Nc4ccc(C)cc4)CC(=O)N3)nc(C)c2c1. The third-order valence-electron chi connectivity index (χ3n) is 4.94. The van der Waals surface area contributed by atoms with Crippen molar-refractivity contribution in [3.05, 3.63) is 53.7 Å². The van der Waals surface area contributed by atoms with E-state index in [1.165, 1.54) is 0 Å². The van der Waals surface area contributed by atoms with E-state index in [1.54, 1.807) is 7.11 Å². The fraction of sp³-hybridized carbons (Fsp3) is 0.227. The van der Waals surface area contributed by atoms with Crippen molar-refractivity contribution in [2.24, 2.45) is 0 Å². The maximum absolute atomic E-state index is 12.6. The molecule has 2 heterocycles. The molecule has 0 radical (unpaired) electrons. The Morgan fingerprint density at radius 2 is 1.94 bits per heavy atom. The molecule has 1 aromatic heterocycles. The van der Waals surface area contributed by atoms with Gasteiger partial charge in [-0.25, -0.2) is 15.6 Å². The summed E-state index contributed by atoms with van der Waals surface area (Å²) < 4.78 is 5.25. The van der Waals surface area contributed by atoms with Crippen molar-refractivity contribution < 1.29 is 19.3 Å². The van der Waals surface area contributed by atoms with Crippen LogP contribution in [0.2, 0.25) is 0 Å². The van der Waals surface area contributed by atoms with Crippen molar-refractivity contribution in [3.63, 3.8) is 0 Å². The second kappa shape index (κ2) is 8.39. The van der Waals surface area contributed by atoms with E-state index in [4.69, 9.17) is 4.74 Å². The normalized spacial score (nSPS) is 15.8. The highest BCUT2D eigenvalue weighted by molar-refractivity contribution is 6.05. The zero-order valence-corrected chi connectivity index (χ0v) is 17.4. The number of fused-ring (bicyclic) bond motifs is 1. The van der Waals surface area contributed by atoms with E-state index in [-0.39, 0.29) is 24.2 Å². The monoisotopic (exact) mass is 419 g/mol. The number of aromatic nitrogens is 2. The molecular weight excluding hydrogens is 396 g/mol. The lowest BCUT2D eigenvalue weighted by atomic mass is 10.1. The number of hydrogen-bond acceptors (Lipinski definition) is 6. The van der Waals surface area contributed by atoms with Crippen LogP contribution in [0.25, 0.3) is 10.9 Å². The topological polar surface area (TPSA) is 119 Å². The van der Waals surface area contributed by atoms with Gasteiger partial charge in [0, 0.05) is 11.1 Å². The molecule has 0 spiro atoms. The van der Waals surface area contributed by atoms with Crippen LogP contribution in [0.3, 0.4) is 0 Å². The number of carbonyl (C=O) groups excluding carboxylic acids is 2. The molecule has 4 N–H and O–H groups in total. The lowest BCUT2D eigenvalue weighted by Gasteiger charge is -2.17. The number of methoxy groups -OCH3 is 1. The maximum atomic E-state index is 12.6. The van der Waals surface area contributed by atoms with Gasteiger partial charge in [-0.2, -0.15) is 4.98 Å². The highest BCUT2D eigenvalue weighted by Gasteiger charge is 2.31. The summed E-state index contributed by atoms with van der Waals surface area (Å²) >= 11 is 0. The van der Waals surface area contributed by atoms with E-state index < -0.39 is 6.04 Å². The van der Waals surface area contributed by atoms with Gasteiger partial charge in [0.15, 0.2) is 6.04 Å². The molecule has 2 amide bonds. The van der Waals surface area contributed by atoms with Gasteiger partial charge in [0.1, 0.15) is 5.75 Å². The second-order valence-corrected chi connectivity index (χ2v) is 7.32. The van der Waals surface area contributed by atoms with Gasteiger partial charge < -0.3 is 10.1 Å². The van der Waals surface area contributed by atoms with E-state index >= 15 is 0 Å². The molecule has 0 bridgehead atoms. The standard InChI is InChI=1S/C22H22N6O3/c1-12-4-6-14(7-5-12)24-20(30)18-11-19(29)27-22(26-18)28-21-23-13(2)16-10-15(31-3)8-9-17(16)25-21/h4-10,18H,11H2,1-3H3,(H,24,30)(H2,23,25,26,27,28,29)/p+1/t18-/m1/s1. The van der Waals surface area contributed by atoms with E-state index in [0.29, 0.717) is 11.6 Å². The number of ether oxygens (including phenoxy) is 1. The first-order chi connectivity index (χ1) is 14.9. The fourth-order valence-corrected chi connectivity index (χ4v) is 3.28. The van der Waals surface area contributed by atoms with E-state index in [1.807, 2.05) is 56.3 Å². The van der Waals surface area contributed by atoms with Crippen molar-refractivity contribution >= 4 is 40.3 Å². The van der Waals surface area contributed by atoms with Crippen molar-refractivity contribution in [3.8, 4) is 5.75 Å². The molecule has 0 saturated carbocycles. The van der Waals surface area contributed by atoms with E-state index in [0.717, 1.165) is 27.9 Å². The Hall–Kier alpha value is -4.01. The number of amides is 2. The Balaban J connectivity index is 1.54. The molecule has 0 aliphatic carbocycles. The van der Waals surface area contributed by atoms with Crippen LogP contribution in [0.5, 0.6) is 5.75 Å². The lowest BCUT2D eigenvalue weighted by Crippen LogP contribution is -2.89. The molecular formula is C22H23N6O3+. The summed E-state index contributed by atoms with van der Waals surface area (Å²) in [5.41, 5.74) is 3.24. The van der Waals surface area contributed by atoms with Crippen molar-refractivity contribution in [1.29, 1.82) is 0 Å². The summed E-state index contributed by atoms with van der Waals surface area (Å²) in [5, 5.41) is 9.34. The number of rotatable bonds is 4. The average molecular weight is 419 g/mol. The molecule has 9 nitrogen and oxygen atoms in total. The number of carbonyl (C=O) groups is 2. The van der Waals surface area contributed by atoms with Gasteiger partial charge in [0.25, 0.3) is 17.8 Å². The Labute approximate surface area is 179 Å². The van der Waals surface area contributed by atoms with Crippen LogP contribution in [0.4, 0.5) is 11.6 Å². The molecule has 1 aliphatic rings. The minimum absolute atomic E-state index is 0.0142. The summed E-state index contributed by atoms with van der Waals surface area (Å²) in [5.74, 6) is 0.691. The van der Waals surface area contributed by atoms with Gasteiger partial charge in [-0.1, -0.05) is 17.7 Å². The fourth-order valence-electron chi connectivity index (χ4n) is 3.28. The molecule has 0 saturated heterocycles. The van der Waals surface area contributed by atoms with Gasteiger partial charge >= 0.3 is 5.96 Å². The zero-order chi connectivity index (χ0) is 22.0. The van der Waals surface area contributed by atoms with Crippen LogP contribution in [-0.4, -0.2) is 40.9 Å². The minimum Gasteiger partial charge on any atom is -0.497 e. The smallest absolute Gasteiger partial charge is 0.358 e. The van der Waals surface area contributed by atoms with Crippen molar-refractivity contribution in [2.45, 2.75) is 26.3 Å². The summed E-state index contributed by atoms with van der Waals surface area (Å²) in [6, 6.07) is 12.2. The van der Waals surface area contributed by atoms with Gasteiger partial charge in [0.05, 0.1) is 24.7 Å². The zero-order valence-electron chi connectivity index (χ0n) is 17.4. The van der Waals surface area contributed by atoms with Gasteiger partial charge in [-0.3, -0.25) is 14.6 Å². The Kier molecular flexibility index (Phi) is 5.48. The molecule has 1 atom stereocenters. The summed E-state index contributed by atoms with van der Waals surface area (Å²) in [6.07, 6.45) is 0.0142. The van der Waals surface area contributed by atoms with E-state index in [2.05, 4.69) is 30.9 Å². The summed E-state index contributed by atoms with van der Waals surface area (Å²) in [4.78, 5) is 36.8. The number of nitrogens with zero attached hydrogens (tertiary/aromatic N) is 2. The van der Waals surface area contributed by atoms with Gasteiger partial charge in [-0.15, -0.1) is 0 Å². The maximum Gasteiger partial charge on any atom is 0.358 e. The lowest BCUT2D eigenvalue weighted by molar-refractivity contribution is -0.490. The van der Waals surface area contributed by atoms with Crippen LogP contribution in [0.15, 0.2) is 42.5 Å². The second-order valence-electron chi connectivity index (χ2n) is 7.32. The van der Waals surface area contributed by atoms with Crippen molar-refractivity contribution in [1.82, 2.24) is 15.3 Å². The highest BCUT2D eigenvalue weighted by Crippen LogP contribution is 2.22. The minimum atomic E-state index is -0.733. The number of anilines is 2. The Morgan fingerprint density at radius 3 is 2.68 bits per heavy atom. The van der Waals surface area contributed by atoms with Gasteiger partial charge in [-0.05, 0) is 44.2 Å². The van der Waals surface area contributed by atoms with Crippen LogP contribution >= 0.6 is 0 Å². The highest BCUT2D eigenvalue weighted by atomic mass is 16.5. The number of hydrogen-bond donors (Lipinski definition) is 4. The van der Waals surface area contributed by atoms with E-state index in [9.17, 15) is 9.59 Å². The molecule has 1 aliphatic heterocycles. The average Bonchev–Trinajstić information content (AvgIpc) is 2.74. The summed E-state index contributed by atoms with van der Waals surface area (Å²) in [6.45, 7) is 3.84. The first-order valence-corrected chi connectivity index (χ1v) is 9.81. The molecule has 31 heavy (non-hydrogen) atoms. The van der Waals surface area contributed by atoms with Crippen LogP contribution in [-0.2, 0) is 9.59 Å². The first kappa shape index (κ1) is 20.3. The largest absolute Gasteiger partial charge is 0.497 e. The summed E-state index contributed by atoms with van der Waals surface area (Å²) in [7, 11) is 1.60. The molecule has 3 aromatic rings. The number of aryl methyl sites for hydroxylation is 2. The molecule has 9 heteroatoms. The number of guanidine groups is 1. The van der Waals surface area contributed by atoms with Crippen LogP contribution in [0, 0.1) is 13.8 Å². The van der Waals surface area contributed by atoms with Gasteiger partial charge in [0.2, 0.25) is 0 Å². The van der Waals surface area contributed by atoms with Crippen LogP contribution < -0.4 is 25.7 Å².